The number of carbonyl (C=O) groups is 2. The summed E-state index contributed by atoms with van der Waals surface area (Å²) in [5, 5.41) is 2.65. The van der Waals surface area contributed by atoms with Crippen LogP contribution in [0.4, 0.5) is 5.69 Å². The van der Waals surface area contributed by atoms with Crippen LogP contribution in [-0.4, -0.2) is 29.1 Å². The molecule has 6 nitrogen and oxygen atoms in total. The van der Waals surface area contributed by atoms with E-state index in [4.69, 9.17) is 9.47 Å². The summed E-state index contributed by atoms with van der Waals surface area (Å²) in [6.07, 6.45) is 4.44. The second-order valence-corrected chi connectivity index (χ2v) is 5.33. The van der Waals surface area contributed by atoms with Crippen molar-refractivity contribution in [2.24, 2.45) is 0 Å². The fourth-order valence-electron chi connectivity index (χ4n) is 1.58. The van der Waals surface area contributed by atoms with Gasteiger partial charge in [0.05, 0.1) is 0 Å². The zero-order valence-electron chi connectivity index (χ0n) is 11.6. The van der Waals surface area contributed by atoms with Gasteiger partial charge in [-0.25, -0.2) is 9.78 Å². The monoisotopic (exact) mass is 276 g/mol. The van der Waals surface area contributed by atoms with Gasteiger partial charge in [-0.15, -0.1) is 0 Å². The quantitative estimate of drug-likeness (QED) is 0.658. The van der Waals surface area contributed by atoms with E-state index in [-0.39, 0.29) is 12.5 Å². The molecule has 6 heteroatoms. The number of esters is 1. The van der Waals surface area contributed by atoms with E-state index in [0.29, 0.717) is 17.1 Å². The van der Waals surface area contributed by atoms with Crippen LogP contribution < -0.4 is 10.1 Å². The van der Waals surface area contributed by atoms with Crippen molar-refractivity contribution in [2.75, 3.05) is 11.9 Å². The van der Waals surface area contributed by atoms with E-state index in [0.717, 1.165) is 0 Å². The fourth-order valence-corrected chi connectivity index (χ4v) is 1.58. The summed E-state index contributed by atoms with van der Waals surface area (Å²) >= 11 is 0. The molecule has 0 saturated carbocycles. The molecule has 0 saturated heterocycles. The second kappa shape index (κ2) is 5.32. The molecule has 1 aromatic rings. The molecule has 1 aliphatic heterocycles. The minimum absolute atomic E-state index is 0.0346. The number of pyridine rings is 1. The number of carbonyl (C=O) groups excluding carboxylic acids is 2. The molecule has 0 bridgehead atoms. The molecule has 1 aliphatic rings. The van der Waals surface area contributed by atoms with Gasteiger partial charge in [0.2, 0.25) is 5.88 Å². The first-order valence-corrected chi connectivity index (χ1v) is 6.17. The van der Waals surface area contributed by atoms with E-state index < -0.39 is 11.6 Å². The Hall–Kier alpha value is -2.37. The molecule has 1 aromatic heterocycles. The van der Waals surface area contributed by atoms with Gasteiger partial charge in [0.25, 0.3) is 5.91 Å². The number of hydrogen-bond donors (Lipinski definition) is 1. The zero-order chi connectivity index (χ0) is 14.8. The van der Waals surface area contributed by atoms with Crippen molar-refractivity contribution < 1.29 is 19.1 Å². The summed E-state index contributed by atoms with van der Waals surface area (Å²) in [7, 11) is 0. The van der Waals surface area contributed by atoms with Gasteiger partial charge in [0, 0.05) is 12.3 Å². The van der Waals surface area contributed by atoms with Crippen molar-refractivity contribution in [2.45, 2.75) is 26.4 Å². The predicted molar refractivity (Wildman–Crippen MR) is 73.2 cm³/mol. The number of fused-ring (bicyclic) bond motifs is 1. The van der Waals surface area contributed by atoms with Gasteiger partial charge in [-0.1, -0.05) is 0 Å². The normalized spacial score (nSPS) is 14.4. The first kappa shape index (κ1) is 14.0. The van der Waals surface area contributed by atoms with Gasteiger partial charge in [-0.05, 0) is 38.5 Å². The largest absolute Gasteiger partial charge is 0.466 e. The molecule has 0 aliphatic carbocycles. The maximum atomic E-state index is 11.5. The van der Waals surface area contributed by atoms with Crippen LogP contribution in [0.15, 0.2) is 18.3 Å². The first-order chi connectivity index (χ1) is 9.33. The van der Waals surface area contributed by atoms with E-state index in [2.05, 4.69) is 10.3 Å². The zero-order valence-corrected chi connectivity index (χ0v) is 11.6. The highest BCUT2D eigenvalue weighted by Crippen LogP contribution is 2.25. The molecular formula is C14H16N2O4. The standard InChI is InChI=1S/C14H16N2O4/c1-14(2,3)20-12(18)5-4-9-6-10-13(15-7-9)19-8-11(17)16-10/h4-7H,8H2,1-3H3,(H,16,17). The minimum Gasteiger partial charge on any atom is -0.466 e. The highest BCUT2D eigenvalue weighted by atomic mass is 16.6. The Morgan fingerprint density at radius 3 is 2.95 bits per heavy atom. The van der Waals surface area contributed by atoms with Crippen LogP contribution in [0.5, 0.6) is 5.88 Å². The Morgan fingerprint density at radius 1 is 1.50 bits per heavy atom. The van der Waals surface area contributed by atoms with Crippen LogP contribution in [0.2, 0.25) is 0 Å². The third-order valence-corrected chi connectivity index (χ3v) is 2.31. The molecule has 0 spiro atoms. The molecule has 0 unspecified atom stereocenters. The second-order valence-electron chi connectivity index (χ2n) is 5.33. The Bertz CT molecular complexity index is 573. The van der Waals surface area contributed by atoms with E-state index in [1.54, 1.807) is 39.1 Å². The number of nitrogens with zero attached hydrogens (tertiary/aromatic N) is 1. The number of ether oxygens (including phenoxy) is 2. The summed E-state index contributed by atoms with van der Waals surface area (Å²) in [5.74, 6) is -0.290. The van der Waals surface area contributed by atoms with E-state index in [1.807, 2.05) is 0 Å². The maximum Gasteiger partial charge on any atom is 0.331 e. The molecule has 106 valence electrons. The van der Waals surface area contributed by atoms with Crippen molar-refractivity contribution in [3.63, 3.8) is 0 Å². The SMILES string of the molecule is CC(C)(C)OC(=O)C=Cc1cnc2c(c1)NC(=O)CO2. The van der Waals surface area contributed by atoms with Crippen LogP contribution in [0.25, 0.3) is 6.08 Å². The summed E-state index contributed by atoms with van der Waals surface area (Å²) in [5.41, 5.74) is 0.630. The van der Waals surface area contributed by atoms with Gasteiger partial charge >= 0.3 is 5.97 Å². The fraction of sp³-hybridized carbons (Fsp3) is 0.357. The number of anilines is 1. The third-order valence-electron chi connectivity index (χ3n) is 2.31. The van der Waals surface area contributed by atoms with Crippen LogP contribution >= 0.6 is 0 Å². The highest BCUT2D eigenvalue weighted by Gasteiger charge is 2.17. The average Bonchev–Trinajstić information content (AvgIpc) is 2.33. The molecule has 0 radical (unpaired) electrons. The first-order valence-electron chi connectivity index (χ1n) is 6.17. The van der Waals surface area contributed by atoms with Crippen molar-refractivity contribution in [1.29, 1.82) is 0 Å². The topological polar surface area (TPSA) is 77.5 Å². The maximum absolute atomic E-state index is 11.5. The van der Waals surface area contributed by atoms with Gasteiger partial charge in [-0.2, -0.15) is 0 Å². The van der Waals surface area contributed by atoms with E-state index in [9.17, 15) is 9.59 Å². The van der Waals surface area contributed by atoms with E-state index in [1.165, 1.54) is 6.08 Å². The van der Waals surface area contributed by atoms with Crippen molar-refractivity contribution in [1.82, 2.24) is 4.98 Å². The minimum atomic E-state index is -0.530. The summed E-state index contributed by atoms with van der Waals surface area (Å²) in [6.45, 7) is 5.36. The van der Waals surface area contributed by atoms with Gasteiger partial charge in [-0.3, -0.25) is 4.79 Å². The van der Waals surface area contributed by atoms with Crippen molar-refractivity contribution >= 4 is 23.6 Å². The lowest BCUT2D eigenvalue weighted by molar-refractivity contribution is -0.148. The summed E-state index contributed by atoms with van der Waals surface area (Å²) in [6, 6.07) is 1.68. The van der Waals surface area contributed by atoms with Crippen LogP contribution in [0, 0.1) is 0 Å². The molecule has 2 heterocycles. The number of hydrogen-bond acceptors (Lipinski definition) is 5. The Labute approximate surface area is 116 Å². The van der Waals surface area contributed by atoms with Crippen molar-refractivity contribution in [3.05, 3.63) is 23.9 Å². The number of rotatable bonds is 2. The third kappa shape index (κ3) is 3.81. The van der Waals surface area contributed by atoms with Crippen LogP contribution in [0.1, 0.15) is 26.3 Å². The molecule has 0 aromatic carbocycles. The van der Waals surface area contributed by atoms with Crippen LogP contribution in [0.3, 0.4) is 0 Å². The van der Waals surface area contributed by atoms with Gasteiger partial charge in [0.15, 0.2) is 6.61 Å². The summed E-state index contributed by atoms with van der Waals surface area (Å²) in [4.78, 5) is 26.8. The predicted octanol–water partition coefficient (Wildman–Crippen LogP) is 1.77. The average molecular weight is 276 g/mol. The van der Waals surface area contributed by atoms with Crippen molar-refractivity contribution in [3.8, 4) is 5.88 Å². The molecule has 20 heavy (non-hydrogen) atoms. The molecule has 2 rings (SSSR count). The van der Waals surface area contributed by atoms with Crippen LogP contribution in [-0.2, 0) is 14.3 Å². The number of aromatic nitrogens is 1. The Kier molecular flexibility index (Phi) is 3.74. The molecule has 1 N–H and O–H groups in total. The van der Waals surface area contributed by atoms with Gasteiger partial charge in [0.1, 0.15) is 11.3 Å². The number of amides is 1. The molecule has 0 fully saturated rings. The number of nitrogens with one attached hydrogen (secondary N) is 1. The molecular weight excluding hydrogens is 260 g/mol. The lowest BCUT2D eigenvalue weighted by atomic mass is 10.2. The lowest BCUT2D eigenvalue weighted by Crippen LogP contribution is -2.26. The Balaban J connectivity index is 2.09. The Morgan fingerprint density at radius 2 is 2.25 bits per heavy atom. The highest BCUT2D eigenvalue weighted by molar-refractivity contribution is 5.95. The smallest absolute Gasteiger partial charge is 0.331 e. The van der Waals surface area contributed by atoms with E-state index >= 15 is 0 Å². The molecule has 0 atom stereocenters. The van der Waals surface area contributed by atoms with Gasteiger partial charge < -0.3 is 14.8 Å². The summed E-state index contributed by atoms with van der Waals surface area (Å²) < 4.78 is 10.3. The lowest BCUT2D eigenvalue weighted by Gasteiger charge is -2.18. The molecule has 1 amide bonds.